The maximum atomic E-state index is 12.6. The highest BCUT2D eigenvalue weighted by Gasteiger charge is 2.33. The van der Waals surface area contributed by atoms with Crippen LogP contribution in [0.1, 0.15) is 39.5 Å². The topological polar surface area (TPSA) is 79.4 Å². The summed E-state index contributed by atoms with van der Waals surface area (Å²) in [6.45, 7) is 3.94. The molecular weight excluding hydrogens is 298 g/mol. The summed E-state index contributed by atoms with van der Waals surface area (Å²) in [5.74, 6) is -0.257. The van der Waals surface area contributed by atoms with Crippen molar-refractivity contribution in [1.29, 1.82) is 0 Å². The standard InChI is InChI=1S/C12H19N3O3S2/c1-3-10-6-4-5-7-15(10)20(17,18)11-8-13-12(19-11)14-9(2)16/h8,10H,3-7H2,1-2H3,(H,13,14,16)/t10-/m0/s1. The molecule has 0 aliphatic carbocycles. The summed E-state index contributed by atoms with van der Waals surface area (Å²) in [5, 5.41) is 2.83. The number of nitrogens with zero attached hydrogens (tertiary/aromatic N) is 2. The van der Waals surface area contributed by atoms with Crippen LogP contribution in [0.5, 0.6) is 0 Å². The molecule has 2 rings (SSSR count). The minimum Gasteiger partial charge on any atom is -0.302 e. The third-order valence-electron chi connectivity index (χ3n) is 3.37. The van der Waals surface area contributed by atoms with E-state index in [1.807, 2.05) is 6.92 Å². The highest BCUT2D eigenvalue weighted by atomic mass is 32.2. The fourth-order valence-corrected chi connectivity index (χ4v) is 5.38. The SMILES string of the molecule is CC[C@H]1CCCCN1S(=O)(=O)c1cnc(NC(C)=O)s1. The number of rotatable bonds is 4. The quantitative estimate of drug-likeness (QED) is 0.922. The molecule has 1 aliphatic heterocycles. The lowest BCUT2D eigenvalue weighted by atomic mass is 10.0. The second-order valence-corrected chi connectivity index (χ2v) is 7.99. The Kier molecular flexibility index (Phi) is 4.77. The molecule has 2 heterocycles. The Labute approximate surface area is 123 Å². The van der Waals surface area contributed by atoms with Crippen LogP contribution in [0.3, 0.4) is 0 Å². The molecule has 1 aromatic heterocycles. The first kappa shape index (κ1) is 15.4. The molecule has 20 heavy (non-hydrogen) atoms. The first-order chi connectivity index (χ1) is 9.45. The summed E-state index contributed by atoms with van der Waals surface area (Å²) in [7, 11) is -3.50. The van der Waals surface area contributed by atoms with Gasteiger partial charge in [-0.3, -0.25) is 4.79 Å². The average Bonchev–Trinajstić information content (AvgIpc) is 2.87. The van der Waals surface area contributed by atoms with Crippen LogP contribution < -0.4 is 5.32 Å². The lowest BCUT2D eigenvalue weighted by Crippen LogP contribution is -2.42. The lowest BCUT2D eigenvalue weighted by Gasteiger charge is -2.33. The summed E-state index contributed by atoms with van der Waals surface area (Å²) in [6.07, 6.45) is 5.02. The predicted molar refractivity (Wildman–Crippen MR) is 78.2 cm³/mol. The predicted octanol–water partition coefficient (Wildman–Crippen LogP) is 2.05. The molecule has 0 spiro atoms. The molecule has 6 nitrogen and oxygen atoms in total. The fourth-order valence-electron chi connectivity index (χ4n) is 2.40. The normalized spacial score (nSPS) is 20.8. The van der Waals surface area contributed by atoms with E-state index < -0.39 is 10.0 Å². The number of anilines is 1. The van der Waals surface area contributed by atoms with Crippen molar-refractivity contribution < 1.29 is 13.2 Å². The molecule has 0 bridgehead atoms. The lowest BCUT2D eigenvalue weighted by molar-refractivity contribution is -0.114. The number of piperidine rings is 1. The molecular formula is C12H19N3O3S2. The van der Waals surface area contributed by atoms with Crippen molar-refractivity contribution in [1.82, 2.24) is 9.29 Å². The van der Waals surface area contributed by atoms with Gasteiger partial charge in [-0.25, -0.2) is 13.4 Å². The molecule has 1 aromatic rings. The van der Waals surface area contributed by atoms with E-state index in [-0.39, 0.29) is 16.2 Å². The first-order valence-electron chi connectivity index (χ1n) is 6.70. The Hall–Kier alpha value is -0.990. The zero-order valence-corrected chi connectivity index (χ0v) is 13.3. The van der Waals surface area contributed by atoms with Gasteiger partial charge in [-0.2, -0.15) is 4.31 Å². The van der Waals surface area contributed by atoms with Gasteiger partial charge in [-0.1, -0.05) is 24.7 Å². The van der Waals surface area contributed by atoms with Gasteiger partial charge in [0, 0.05) is 19.5 Å². The second kappa shape index (κ2) is 6.19. The molecule has 1 saturated heterocycles. The number of sulfonamides is 1. The summed E-state index contributed by atoms with van der Waals surface area (Å²) in [5.41, 5.74) is 0. The van der Waals surface area contributed by atoms with E-state index in [0.29, 0.717) is 11.7 Å². The fraction of sp³-hybridized carbons (Fsp3) is 0.667. The minimum absolute atomic E-state index is 0.0695. The van der Waals surface area contributed by atoms with Crippen molar-refractivity contribution in [3.05, 3.63) is 6.20 Å². The van der Waals surface area contributed by atoms with Crippen molar-refractivity contribution >= 4 is 32.4 Å². The van der Waals surface area contributed by atoms with Gasteiger partial charge in [0.1, 0.15) is 0 Å². The summed E-state index contributed by atoms with van der Waals surface area (Å²) < 4.78 is 27.1. The zero-order valence-electron chi connectivity index (χ0n) is 11.6. The summed E-state index contributed by atoms with van der Waals surface area (Å²) >= 11 is 1.00. The Morgan fingerprint density at radius 1 is 1.55 bits per heavy atom. The van der Waals surface area contributed by atoms with Gasteiger partial charge in [-0.05, 0) is 19.3 Å². The van der Waals surface area contributed by atoms with Crippen LogP contribution in [0.25, 0.3) is 0 Å². The zero-order chi connectivity index (χ0) is 14.8. The Bertz CT molecular complexity index is 583. The van der Waals surface area contributed by atoms with Crippen LogP contribution in [0.4, 0.5) is 5.13 Å². The van der Waals surface area contributed by atoms with Crippen molar-refractivity contribution in [2.75, 3.05) is 11.9 Å². The van der Waals surface area contributed by atoms with E-state index in [1.165, 1.54) is 13.1 Å². The van der Waals surface area contributed by atoms with Crippen LogP contribution in [-0.2, 0) is 14.8 Å². The number of hydrogen-bond acceptors (Lipinski definition) is 5. The van der Waals surface area contributed by atoms with Crippen LogP contribution >= 0.6 is 11.3 Å². The average molecular weight is 317 g/mol. The third kappa shape index (κ3) is 3.18. The summed E-state index contributed by atoms with van der Waals surface area (Å²) in [4.78, 5) is 14.9. The van der Waals surface area contributed by atoms with E-state index in [1.54, 1.807) is 4.31 Å². The number of nitrogens with one attached hydrogen (secondary N) is 1. The van der Waals surface area contributed by atoms with Crippen LogP contribution in [-0.4, -0.2) is 36.2 Å². The Morgan fingerprint density at radius 3 is 2.95 bits per heavy atom. The largest absolute Gasteiger partial charge is 0.302 e. The molecule has 1 atom stereocenters. The summed E-state index contributed by atoms with van der Waals surface area (Å²) in [6, 6.07) is 0.0695. The molecule has 0 unspecified atom stereocenters. The van der Waals surface area contributed by atoms with E-state index in [9.17, 15) is 13.2 Å². The van der Waals surface area contributed by atoms with Crippen molar-refractivity contribution in [3.63, 3.8) is 0 Å². The van der Waals surface area contributed by atoms with Gasteiger partial charge in [0.2, 0.25) is 5.91 Å². The monoisotopic (exact) mass is 317 g/mol. The first-order valence-corrected chi connectivity index (χ1v) is 8.96. The van der Waals surface area contributed by atoms with Gasteiger partial charge in [-0.15, -0.1) is 0 Å². The van der Waals surface area contributed by atoms with Crippen LogP contribution in [0.15, 0.2) is 10.4 Å². The molecule has 112 valence electrons. The number of aromatic nitrogens is 1. The van der Waals surface area contributed by atoms with E-state index in [0.717, 1.165) is 37.0 Å². The number of carbonyl (C=O) groups is 1. The Balaban J connectivity index is 2.24. The highest BCUT2D eigenvalue weighted by molar-refractivity contribution is 7.91. The minimum atomic E-state index is -3.50. The maximum Gasteiger partial charge on any atom is 0.254 e. The second-order valence-electron chi connectivity index (χ2n) is 4.84. The Morgan fingerprint density at radius 2 is 2.30 bits per heavy atom. The molecule has 0 radical (unpaired) electrons. The molecule has 1 N–H and O–H groups in total. The van der Waals surface area contributed by atoms with Crippen LogP contribution in [0, 0.1) is 0 Å². The van der Waals surface area contributed by atoms with E-state index >= 15 is 0 Å². The third-order valence-corrected chi connectivity index (χ3v) is 6.68. The number of carbonyl (C=O) groups excluding carboxylic acids is 1. The number of thiazole rings is 1. The smallest absolute Gasteiger partial charge is 0.254 e. The van der Waals surface area contributed by atoms with Gasteiger partial charge in [0.15, 0.2) is 9.34 Å². The number of amides is 1. The van der Waals surface area contributed by atoms with Crippen molar-refractivity contribution in [2.45, 2.75) is 49.8 Å². The van der Waals surface area contributed by atoms with Gasteiger partial charge in [0.25, 0.3) is 10.0 Å². The van der Waals surface area contributed by atoms with Gasteiger partial charge < -0.3 is 5.32 Å². The van der Waals surface area contributed by atoms with Gasteiger partial charge >= 0.3 is 0 Å². The highest BCUT2D eigenvalue weighted by Crippen LogP contribution is 2.31. The van der Waals surface area contributed by atoms with E-state index in [2.05, 4.69) is 10.3 Å². The van der Waals surface area contributed by atoms with Crippen molar-refractivity contribution in [3.8, 4) is 0 Å². The number of hydrogen-bond donors (Lipinski definition) is 1. The van der Waals surface area contributed by atoms with E-state index in [4.69, 9.17) is 0 Å². The molecule has 1 fully saturated rings. The molecule has 1 amide bonds. The van der Waals surface area contributed by atoms with Gasteiger partial charge in [0.05, 0.1) is 6.20 Å². The van der Waals surface area contributed by atoms with Crippen molar-refractivity contribution in [2.24, 2.45) is 0 Å². The van der Waals surface area contributed by atoms with Crippen LogP contribution in [0.2, 0.25) is 0 Å². The molecule has 8 heteroatoms. The molecule has 0 saturated carbocycles. The molecule has 0 aromatic carbocycles. The molecule has 1 aliphatic rings. The maximum absolute atomic E-state index is 12.6.